The highest BCUT2D eigenvalue weighted by Crippen LogP contribution is 2.11. The Morgan fingerprint density at radius 1 is 1.21 bits per heavy atom. The number of carbonyl (C=O) groups is 1. The van der Waals surface area contributed by atoms with Gasteiger partial charge < -0.3 is 10.1 Å². The fourth-order valence-electron chi connectivity index (χ4n) is 1.50. The predicted molar refractivity (Wildman–Crippen MR) is 73.5 cm³/mol. The summed E-state index contributed by atoms with van der Waals surface area (Å²) in [5.74, 6) is 0.519. The lowest BCUT2D eigenvalue weighted by atomic mass is 10.3. The summed E-state index contributed by atoms with van der Waals surface area (Å²) in [5, 5.41) is 2.92. The van der Waals surface area contributed by atoms with E-state index in [9.17, 15) is 4.79 Å². The Labute approximate surface area is 116 Å². The molecule has 0 aliphatic heterocycles. The van der Waals surface area contributed by atoms with Gasteiger partial charge in [-0.1, -0.05) is 29.8 Å². The van der Waals surface area contributed by atoms with Gasteiger partial charge in [0.05, 0.1) is 12.1 Å². The van der Waals surface area contributed by atoms with Gasteiger partial charge in [-0.2, -0.15) is 0 Å². The molecule has 0 aliphatic carbocycles. The van der Waals surface area contributed by atoms with E-state index in [-0.39, 0.29) is 11.1 Å². The van der Waals surface area contributed by atoms with Gasteiger partial charge in [-0.3, -0.25) is 4.79 Å². The van der Waals surface area contributed by atoms with Crippen molar-refractivity contribution >= 4 is 17.5 Å². The van der Waals surface area contributed by atoms with Crippen molar-refractivity contribution in [2.75, 3.05) is 13.2 Å². The zero-order valence-corrected chi connectivity index (χ0v) is 10.9. The Hall–Kier alpha value is -2.07. The molecule has 1 amide bonds. The van der Waals surface area contributed by atoms with Gasteiger partial charge in [0, 0.05) is 6.20 Å². The summed E-state index contributed by atoms with van der Waals surface area (Å²) in [4.78, 5) is 15.6. The summed E-state index contributed by atoms with van der Waals surface area (Å²) in [6.07, 6.45) is 1.54. The number of aromatic nitrogens is 1. The molecule has 1 aromatic heterocycles. The monoisotopic (exact) mass is 276 g/mol. The average molecular weight is 277 g/mol. The van der Waals surface area contributed by atoms with Gasteiger partial charge in [-0.15, -0.1) is 0 Å². The standard InChI is InChI=1S/C14H13ClN2O2/c15-13-12(7-4-8-16-13)14(18)17-9-10-19-11-5-2-1-3-6-11/h1-8H,9-10H2,(H,17,18). The highest BCUT2D eigenvalue weighted by molar-refractivity contribution is 6.32. The molecule has 0 spiro atoms. The summed E-state index contributed by atoms with van der Waals surface area (Å²) in [6.45, 7) is 0.798. The Morgan fingerprint density at radius 2 is 2.00 bits per heavy atom. The van der Waals surface area contributed by atoms with E-state index in [1.165, 1.54) is 6.20 Å². The van der Waals surface area contributed by atoms with E-state index < -0.39 is 0 Å². The maximum absolute atomic E-state index is 11.8. The lowest BCUT2D eigenvalue weighted by Gasteiger charge is -2.08. The first-order chi connectivity index (χ1) is 9.27. The van der Waals surface area contributed by atoms with Crippen molar-refractivity contribution in [3.8, 4) is 5.75 Å². The minimum absolute atomic E-state index is 0.198. The maximum Gasteiger partial charge on any atom is 0.254 e. The van der Waals surface area contributed by atoms with Gasteiger partial charge in [-0.05, 0) is 24.3 Å². The number of benzene rings is 1. The van der Waals surface area contributed by atoms with Gasteiger partial charge in [0.2, 0.25) is 0 Å². The fraction of sp³-hybridized carbons (Fsp3) is 0.143. The first-order valence-electron chi connectivity index (χ1n) is 5.84. The van der Waals surface area contributed by atoms with Crippen LogP contribution in [0, 0.1) is 0 Å². The van der Waals surface area contributed by atoms with Crippen molar-refractivity contribution < 1.29 is 9.53 Å². The van der Waals surface area contributed by atoms with E-state index >= 15 is 0 Å². The minimum atomic E-state index is -0.255. The van der Waals surface area contributed by atoms with E-state index in [0.29, 0.717) is 18.7 Å². The Morgan fingerprint density at radius 3 is 2.74 bits per heavy atom. The molecule has 19 heavy (non-hydrogen) atoms. The molecule has 98 valence electrons. The van der Waals surface area contributed by atoms with E-state index in [1.54, 1.807) is 12.1 Å². The third-order valence-corrected chi connectivity index (χ3v) is 2.70. The summed E-state index contributed by atoms with van der Waals surface area (Å²) in [5.41, 5.74) is 0.365. The van der Waals surface area contributed by atoms with Crippen LogP contribution in [0.2, 0.25) is 5.15 Å². The molecule has 0 fully saturated rings. The van der Waals surface area contributed by atoms with Gasteiger partial charge in [0.25, 0.3) is 5.91 Å². The molecule has 1 heterocycles. The summed E-state index contributed by atoms with van der Waals surface area (Å²) in [7, 11) is 0. The van der Waals surface area contributed by atoms with E-state index in [0.717, 1.165) is 5.75 Å². The molecule has 4 nitrogen and oxygen atoms in total. The number of nitrogens with zero attached hydrogens (tertiary/aromatic N) is 1. The fourth-order valence-corrected chi connectivity index (χ4v) is 1.71. The first kappa shape index (κ1) is 13.4. The Kier molecular flexibility index (Phi) is 4.75. The lowest BCUT2D eigenvalue weighted by Crippen LogP contribution is -2.28. The van der Waals surface area contributed by atoms with Crippen molar-refractivity contribution in [3.63, 3.8) is 0 Å². The molecule has 2 aromatic rings. The van der Waals surface area contributed by atoms with E-state index in [1.807, 2.05) is 30.3 Å². The van der Waals surface area contributed by atoms with Gasteiger partial charge in [0.1, 0.15) is 17.5 Å². The molecular formula is C14H13ClN2O2. The van der Waals surface area contributed by atoms with E-state index in [2.05, 4.69) is 10.3 Å². The van der Waals surface area contributed by atoms with Crippen LogP contribution in [0.5, 0.6) is 5.75 Å². The maximum atomic E-state index is 11.8. The summed E-state index contributed by atoms with van der Waals surface area (Å²) in [6, 6.07) is 12.7. The van der Waals surface area contributed by atoms with Crippen molar-refractivity contribution in [1.82, 2.24) is 10.3 Å². The number of rotatable bonds is 5. The molecule has 5 heteroatoms. The van der Waals surface area contributed by atoms with Crippen LogP contribution < -0.4 is 10.1 Å². The number of amides is 1. The summed E-state index contributed by atoms with van der Waals surface area (Å²) >= 11 is 5.82. The van der Waals surface area contributed by atoms with Crippen LogP contribution in [-0.4, -0.2) is 24.0 Å². The Balaban J connectivity index is 1.77. The highest BCUT2D eigenvalue weighted by atomic mass is 35.5. The second-order valence-electron chi connectivity index (χ2n) is 3.76. The number of hydrogen-bond donors (Lipinski definition) is 1. The zero-order valence-electron chi connectivity index (χ0n) is 10.2. The van der Waals surface area contributed by atoms with Crippen molar-refractivity contribution in [2.45, 2.75) is 0 Å². The molecule has 0 unspecified atom stereocenters. The molecule has 0 aliphatic rings. The number of nitrogens with one attached hydrogen (secondary N) is 1. The lowest BCUT2D eigenvalue weighted by molar-refractivity contribution is 0.0947. The van der Waals surface area contributed by atoms with Crippen LogP contribution in [0.25, 0.3) is 0 Å². The number of carbonyl (C=O) groups excluding carboxylic acids is 1. The van der Waals surface area contributed by atoms with Gasteiger partial charge >= 0.3 is 0 Å². The molecule has 0 atom stereocenters. The largest absolute Gasteiger partial charge is 0.492 e. The highest BCUT2D eigenvalue weighted by Gasteiger charge is 2.09. The van der Waals surface area contributed by atoms with Crippen LogP contribution in [0.3, 0.4) is 0 Å². The van der Waals surface area contributed by atoms with Gasteiger partial charge in [-0.25, -0.2) is 4.98 Å². The summed E-state index contributed by atoms with van der Waals surface area (Å²) < 4.78 is 5.46. The zero-order chi connectivity index (χ0) is 13.5. The van der Waals surface area contributed by atoms with Crippen molar-refractivity contribution in [3.05, 3.63) is 59.4 Å². The van der Waals surface area contributed by atoms with Crippen LogP contribution >= 0.6 is 11.6 Å². The molecule has 2 rings (SSSR count). The number of para-hydroxylation sites is 1. The van der Waals surface area contributed by atoms with Crippen LogP contribution in [0.4, 0.5) is 0 Å². The predicted octanol–water partition coefficient (Wildman–Crippen LogP) is 2.54. The third kappa shape index (κ3) is 3.96. The van der Waals surface area contributed by atoms with Crippen molar-refractivity contribution in [2.24, 2.45) is 0 Å². The quantitative estimate of drug-likeness (QED) is 0.674. The normalized spacial score (nSPS) is 9.95. The number of ether oxygens (including phenoxy) is 1. The number of hydrogen-bond acceptors (Lipinski definition) is 3. The smallest absolute Gasteiger partial charge is 0.254 e. The van der Waals surface area contributed by atoms with Crippen molar-refractivity contribution in [1.29, 1.82) is 0 Å². The Bertz CT molecular complexity index is 546. The molecule has 0 saturated heterocycles. The van der Waals surface area contributed by atoms with Crippen LogP contribution in [0.1, 0.15) is 10.4 Å². The number of halogens is 1. The van der Waals surface area contributed by atoms with Gasteiger partial charge in [0.15, 0.2) is 0 Å². The van der Waals surface area contributed by atoms with E-state index in [4.69, 9.17) is 16.3 Å². The molecule has 0 radical (unpaired) electrons. The SMILES string of the molecule is O=C(NCCOc1ccccc1)c1cccnc1Cl. The molecule has 1 N–H and O–H groups in total. The van der Waals surface area contributed by atoms with Crippen LogP contribution in [0.15, 0.2) is 48.7 Å². The van der Waals surface area contributed by atoms with Crippen LogP contribution in [-0.2, 0) is 0 Å². The molecule has 0 bridgehead atoms. The molecule has 0 saturated carbocycles. The minimum Gasteiger partial charge on any atom is -0.492 e. The second kappa shape index (κ2) is 6.75. The second-order valence-corrected chi connectivity index (χ2v) is 4.12. The molecular weight excluding hydrogens is 264 g/mol. The average Bonchev–Trinajstić information content (AvgIpc) is 2.45. The first-order valence-corrected chi connectivity index (χ1v) is 6.22. The topological polar surface area (TPSA) is 51.2 Å². The molecule has 1 aromatic carbocycles. The third-order valence-electron chi connectivity index (χ3n) is 2.40. The number of pyridine rings is 1.